The van der Waals surface area contributed by atoms with Gasteiger partial charge in [0.05, 0.1) is 6.54 Å². The Hall–Kier alpha value is -1.88. The Morgan fingerprint density at radius 2 is 1.81 bits per heavy atom. The number of hydrogen-bond donors (Lipinski definition) is 1. The second-order valence-electron chi connectivity index (χ2n) is 5.82. The van der Waals surface area contributed by atoms with Gasteiger partial charge in [-0.25, -0.2) is 0 Å². The van der Waals surface area contributed by atoms with Crippen LogP contribution in [-0.4, -0.2) is 48.3 Å². The maximum Gasteiger partial charge on any atom is 0.247 e. The summed E-state index contributed by atoms with van der Waals surface area (Å²) in [7, 11) is 1.63. The minimum Gasteiger partial charge on any atom is -0.341 e. The van der Waals surface area contributed by atoms with Crippen LogP contribution >= 0.6 is 0 Å². The van der Waals surface area contributed by atoms with Gasteiger partial charge in [0.25, 0.3) is 0 Å². The summed E-state index contributed by atoms with van der Waals surface area (Å²) in [6.45, 7) is 3.35. The van der Waals surface area contributed by atoms with Crippen LogP contribution in [0.1, 0.15) is 25.3 Å². The Labute approximate surface area is 125 Å². The number of rotatable bonds is 4. The van der Waals surface area contributed by atoms with Crippen molar-refractivity contribution >= 4 is 11.8 Å². The van der Waals surface area contributed by atoms with Gasteiger partial charge in [0, 0.05) is 20.1 Å². The number of amides is 2. The molecule has 1 unspecified atom stereocenters. The molecule has 5 nitrogen and oxygen atoms in total. The van der Waals surface area contributed by atoms with Gasteiger partial charge >= 0.3 is 0 Å². The third kappa shape index (κ3) is 3.42. The van der Waals surface area contributed by atoms with Crippen molar-refractivity contribution in [1.82, 2.24) is 9.80 Å². The Morgan fingerprint density at radius 1 is 1.24 bits per heavy atom. The summed E-state index contributed by atoms with van der Waals surface area (Å²) in [6.07, 6.45) is 2.09. The fourth-order valence-electron chi connectivity index (χ4n) is 2.65. The first-order valence-electron chi connectivity index (χ1n) is 7.30. The summed E-state index contributed by atoms with van der Waals surface area (Å²) in [6, 6.07) is 9.24. The van der Waals surface area contributed by atoms with Crippen molar-refractivity contribution in [2.45, 2.75) is 25.3 Å². The normalized spacial score (nSPS) is 17.4. The van der Waals surface area contributed by atoms with Crippen molar-refractivity contribution in [2.75, 3.05) is 26.7 Å². The highest BCUT2D eigenvalue weighted by atomic mass is 16.2. The van der Waals surface area contributed by atoms with Crippen LogP contribution in [0.25, 0.3) is 0 Å². The largest absolute Gasteiger partial charge is 0.341 e. The molecule has 2 N–H and O–H groups in total. The molecule has 21 heavy (non-hydrogen) atoms. The maximum absolute atomic E-state index is 12.5. The van der Waals surface area contributed by atoms with E-state index in [0.717, 1.165) is 31.5 Å². The van der Waals surface area contributed by atoms with Gasteiger partial charge in [-0.05, 0) is 25.3 Å². The standard InChI is InChI=1S/C16H23N3O2/c1-16(17,13-8-4-3-5-9-13)15(21)18(2)12-14(20)19-10-6-7-11-19/h3-5,8-9H,6-7,10-12,17H2,1-2H3. The SMILES string of the molecule is CN(CC(=O)N1CCCC1)C(=O)C(C)(N)c1ccccc1. The number of carbonyl (C=O) groups is 2. The lowest BCUT2D eigenvalue weighted by atomic mass is 9.92. The molecule has 2 amide bonds. The summed E-state index contributed by atoms with van der Waals surface area (Å²) >= 11 is 0. The van der Waals surface area contributed by atoms with E-state index in [1.54, 1.807) is 18.9 Å². The van der Waals surface area contributed by atoms with E-state index in [9.17, 15) is 9.59 Å². The predicted molar refractivity (Wildman–Crippen MR) is 81.4 cm³/mol. The lowest BCUT2D eigenvalue weighted by molar-refractivity contribution is -0.142. The molecule has 0 bridgehead atoms. The Kier molecular flexibility index (Phi) is 4.63. The number of nitrogens with two attached hydrogens (primary N) is 1. The van der Waals surface area contributed by atoms with E-state index in [2.05, 4.69) is 0 Å². The molecule has 0 saturated carbocycles. The number of likely N-dealkylation sites (N-methyl/N-ethyl adjacent to an activating group) is 1. The molecule has 1 aromatic rings. The van der Waals surface area contributed by atoms with E-state index in [-0.39, 0.29) is 18.4 Å². The van der Waals surface area contributed by atoms with E-state index in [1.807, 2.05) is 30.3 Å². The van der Waals surface area contributed by atoms with Gasteiger partial charge in [-0.2, -0.15) is 0 Å². The molecule has 5 heteroatoms. The van der Waals surface area contributed by atoms with Crippen molar-refractivity contribution in [2.24, 2.45) is 5.73 Å². The number of benzene rings is 1. The zero-order valence-corrected chi connectivity index (χ0v) is 12.7. The van der Waals surface area contributed by atoms with Gasteiger partial charge in [-0.3, -0.25) is 9.59 Å². The minimum atomic E-state index is -1.12. The van der Waals surface area contributed by atoms with Gasteiger partial charge < -0.3 is 15.5 Å². The highest BCUT2D eigenvalue weighted by Gasteiger charge is 2.34. The van der Waals surface area contributed by atoms with Crippen molar-refractivity contribution in [3.63, 3.8) is 0 Å². The molecule has 0 aliphatic carbocycles. The molecule has 1 aromatic carbocycles. The summed E-state index contributed by atoms with van der Waals surface area (Å²) in [5.41, 5.74) is 5.82. The molecular formula is C16H23N3O2. The zero-order valence-electron chi connectivity index (χ0n) is 12.7. The van der Waals surface area contributed by atoms with E-state index in [1.165, 1.54) is 4.90 Å². The lowest BCUT2D eigenvalue weighted by Crippen LogP contribution is -2.52. The van der Waals surface area contributed by atoms with Crippen LogP contribution in [0.5, 0.6) is 0 Å². The van der Waals surface area contributed by atoms with Crippen LogP contribution in [-0.2, 0) is 15.1 Å². The van der Waals surface area contributed by atoms with Crippen LogP contribution in [0.15, 0.2) is 30.3 Å². The van der Waals surface area contributed by atoms with Crippen LogP contribution < -0.4 is 5.73 Å². The molecule has 2 rings (SSSR count). The highest BCUT2D eigenvalue weighted by Crippen LogP contribution is 2.20. The maximum atomic E-state index is 12.5. The molecule has 1 saturated heterocycles. The smallest absolute Gasteiger partial charge is 0.247 e. The molecule has 0 aromatic heterocycles. The Morgan fingerprint density at radius 3 is 2.38 bits per heavy atom. The van der Waals surface area contributed by atoms with Crippen LogP contribution in [0.4, 0.5) is 0 Å². The fraction of sp³-hybridized carbons (Fsp3) is 0.500. The number of carbonyl (C=O) groups excluding carboxylic acids is 2. The first kappa shape index (κ1) is 15.5. The second kappa shape index (κ2) is 6.26. The highest BCUT2D eigenvalue weighted by molar-refractivity contribution is 5.90. The quantitative estimate of drug-likeness (QED) is 0.897. The van der Waals surface area contributed by atoms with E-state index in [0.29, 0.717) is 0 Å². The number of hydrogen-bond acceptors (Lipinski definition) is 3. The molecule has 1 aliphatic rings. The molecule has 1 aliphatic heterocycles. The van der Waals surface area contributed by atoms with Crippen molar-refractivity contribution < 1.29 is 9.59 Å². The molecule has 1 fully saturated rings. The molecule has 114 valence electrons. The Bertz CT molecular complexity index is 508. The minimum absolute atomic E-state index is 0.00721. The Balaban J connectivity index is 2.03. The fourth-order valence-corrected chi connectivity index (χ4v) is 2.65. The second-order valence-corrected chi connectivity index (χ2v) is 5.82. The van der Waals surface area contributed by atoms with E-state index in [4.69, 9.17) is 5.73 Å². The predicted octanol–water partition coefficient (Wildman–Crippen LogP) is 0.941. The van der Waals surface area contributed by atoms with Gasteiger partial charge in [0.2, 0.25) is 11.8 Å². The van der Waals surface area contributed by atoms with Gasteiger partial charge in [-0.1, -0.05) is 30.3 Å². The van der Waals surface area contributed by atoms with Crippen LogP contribution in [0.2, 0.25) is 0 Å². The van der Waals surface area contributed by atoms with Crippen LogP contribution in [0.3, 0.4) is 0 Å². The van der Waals surface area contributed by atoms with E-state index >= 15 is 0 Å². The van der Waals surface area contributed by atoms with Gasteiger partial charge in [0.15, 0.2) is 0 Å². The van der Waals surface area contributed by atoms with Crippen LogP contribution in [0, 0.1) is 0 Å². The van der Waals surface area contributed by atoms with Gasteiger partial charge in [0.1, 0.15) is 5.54 Å². The van der Waals surface area contributed by atoms with Crippen molar-refractivity contribution in [3.8, 4) is 0 Å². The average molecular weight is 289 g/mol. The lowest BCUT2D eigenvalue weighted by Gasteiger charge is -2.30. The number of nitrogens with zero attached hydrogens (tertiary/aromatic N) is 2. The molecule has 1 heterocycles. The van der Waals surface area contributed by atoms with Crippen molar-refractivity contribution in [3.05, 3.63) is 35.9 Å². The summed E-state index contributed by atoms with van der Waals surface area (Å²) in [4.78, 5) is 27.9. The zero-order chi connectivity index (χ0) is 15.5. The van der Waals surface area contributed by atoms with E-state index < -0.39 is 5.54 Å². The van der Waals surface area contributed by atoms with Gasteiger partial charge in [-0.15, -0.1) is 0 Å². The average Bonchev–Trinajstić information content (AvgIpc) is 3.01. The monoisotopic (exact) mass is 289 g/mol. The number of likely N-dealkylation sites (tertiary alicyclic amines) is 1. The third-order valence-electron chi connectivity index (χ3n) is 4.00. The molecule has 1 atom stereocenters. The topological polar surface area (TPSA) is 66.6 Å². The first-order valence-corrected chi connectivity index (χ1v) is 7.30. The summed E-state index contributed by atoms with van der Waals surface area (Å²) < 4.78 is 0. The van der Waals surface area contributed by atoms with Crippen molar-refractivity contribution in [1.29, 1.82) is 0 Å². The summed E-state index contributed by atoms with van der Waals surface area (Å²) in [5.74, 6) is -0.256. The molecule has 0 radical (unpaired) electrons. The first-order chi connectivity index (χ1) is 9.93. The molecular weight excluding hydrogens is 266 g/mol. The molecule has 0 spiro atoms. The third-order valence-corrected chi connectivity index (χ3v) is 4.00. The summed E-state index contributed by atoms with van der Waals surface area (Å²) in [5, 5.41) is 0.